The minimum Gasteiger partial charge on any atom is -0.428 e. The van der Waals surface area contributed by atoms with Crippen molar-refractivity contribution < 1.29 is 46.1 Å². The Morgan fingerprint density at radius 3 is 1.21 bits per heavy atom. The van der Waals surface area contributed by atoms with Crippen molar-refractivity contribution >= 4 is 12.3 Å². The zero-order chi connectivity index (χ0) is 19.6. The molecule has 0 aliphatic rings. The van der Waals surface area contributed by atoms with Gasteiger partial charge in [0, 0.05) is 6.92 Å². The van der Waals surface area contributed by atoms with Crippen molar-refractivity contribution in [1.29, 1.82) is 0 Å². The Kier molecular flexibility index (Phi) is 6.51. The summed E-state index contributed by atoms with van der Waals surface area (Å²) < 4.78 is 71.1. The maximum Gasteiger partial charge on any atom is 0.512 e. The first-order valence-electron chi connectivity index (χ1n) is 6.90. The van der Waals surface area contributed by atoms with Crippen LogP contribution in [0.25, 0.3) is 0 Å². The van der Waals surface area contributed by atoms with Gasteiger partial charge in [0.05, 0.1) is 0 Å². The van der Waals surface area contributed by atoms with E-state index in [4.69, 9.17) is 0 Å². The number of ether oxygens (including phenoxy) is 4. The SMILES string of the molecule is CC(C)(C)OC(=O)OC(OC(=O)OC(C)(C)C)C(F)(F)C(C)(F)F. The highest BCUT2D eigenvalue weighted by molar-refractivity contribution is 5.63. The van der Waals surface area contributed by atoms with Crippen LogP contribution in [-0.2, 0) is 18.9 Å². The first-order chi connectivity index (χ1) is 10.3. The lowest BCUT2D eigenvalue weighted by Gasteiger charge is -2.31. The van der Waals surface area contributed by atoms with Crippen LogP contribution < -0.4 is 0 Å². The Hall–Kier alpha value is -1.74. The maximum absolute atomic E-state index is 13.8. The second kappa shape index (κ2) is 7.02. The first-order valence-corrected chi connectivity index (χ1v) is 6.90. The molecule has 0 unspecified atom stereocenters. The largest absolute Gasteiger partial charge is 0.512 e. The number of hydrogen-bond acceptors (Lipinski definition) is 6. The molecule has 142 valence electrons. The van der Waals surface area contributed by atoms with Gasteiger partial charge in [0.25, 0.3) is 0 Å². The van der Waals surface area contributed by atoms with Gasteiger partial charge >= 0.3 is 30.4 Å². The summed E-state index contributed by atoms with van der Waals surface area (Å²) in [5.41, 5.74) is -2.28. The highest BCUT2D eigenvalue weighted by Gasteiger charge is 2.62. The molecule has 0 N–H and O–H groups in total. The number of hydrogen-bond donors (Lipinski definition) is 0. The topological polar surface area (TPSA) is 71.1 Å². The third-order valence-electron chi connectivity index (χ3n) is 2.07. The Morgan fingerprint density at radius 1 is 0.708 bits per heavy atom. The van der Waals surface area contributed by atoms with Gasteiger partial charge in [0.1, 0.15) is 11.2 Å². The quantitative estimate of drug-likeness (QED) is 0.416. The average molecular weight is 362 g/mol. The molecule has 0 aromatic heterocycles. The second-order valence-corrected chi connectivity index (χ2v) is 7.01. The Bertz CT molecular complexity index is 429. The van der Waals surface area contributed by atoms with Gasteiger partial charge in [-0.15, -0.1) is 0 Å². The Morgan fingerprint density at radius 2 is 1.00 bits per heavy atom. The molecule has 0 aromatic carbocycles. The Labute approximate surface area is 137 Å². The van der Waals surface area contributed by atoms with E-state index in [1.165, 1.54) is 41.5 Å². The van der Waals surface area contributed by atoms with Crippen molar-refractivity contribution in [3.8, 4) is 0 Å². The summed E-state index contributed by atoms with van der Waals surface area (Å²) >= 11 is 0. The van der Waals surface area contributed by atoms with Gasteiger partial charge in [-0.2, -0.15) is 17.6 Å². The summed E-state index contributed by atoms with van der Waals surface area (Å²) in [6, 6.07) is 0. The molecule has 0 heterocycles. The lowest BCUT2D eigenvalue weighted by Crippen LogP contribution is -2.52. The minimum absolute atomic E-state index is 0.114. The predicted molar refractivity (Wildman–Crippen MR) is 74.0 cm³/mol. The van der Waals surface area contributed by atoms with E-state index in [1.807, 2.05) is 0 Å². The molecule has 0 aliphatic heterocycles. The molecular weight excluding hydrogens is 340 g/mol. The first kappa shape index (κ1) is 22.3. The number of rotatable bonds is 4. The predicted octanol–water partition coefficient (Wildman–Crippen LogP) is 4.51. The highest BCUT2D eigenvalue weighted by Crippen LogP contribution is 2.39. The molecule has 0 spiro atoms. The zero-order valence-corrected chi connectivity index (χ0v) is 14.5. The van der Waals surface area contributed by atoms with Crippen LogP contribution in [0.5, 0.6) is 0 Å². The van der Waals surface area contributed by atoms with Crippen molar-refractivity contribution in [2.45, 2.75) is 77.8 Å². The van der Waals surface area contributed by atoms with Crippen LogP contribution in [0.4, 0.5) is 27.2 Å². The third-order valence-corrected chi connectivity index (χ3v) is 2.07. The van der Waals surface area contributed by atoms with Crippen LogP contribution in [-0.4, -0.2) is 41.6 Å². The van der Waals surface area contributed by atoms with Crippen LogP contribution in [0.15, 0.2) is 0 Å². The van der Waals surface area contributed by atoms with E-state index in [9.17, 15) is 27.2 Å². The minimum atomic E-state index is -5.01. The summed E-state index contributed by atoms with van der Waals surface area (Å²) in [4.78, 5) is 22.9. The van der Waals surface area contributed by atoms with Gasteiger partial charge in [-0.3, -0.25) is 0 Å². The van der Waals surface area contributed by atoms with E-state index >= 15 is 0 Å². The molecule has 0 saturated carbocycles. The van der Waals surface area contributed by atoms with Gasteiger partial charge in [-0.25, -0.2) is 9.59 Å². The van der Waals surface area contributed by atoms with E-state index in [0.29, 0.717) is 0 Å². The van der Waals surface area contributed by atoms with Gasteiger partial charge < -0.3 is 18.9 Å². The summed E-state index contributed by atoms with van der Waals surface area (Å²) in [7, 11) is 0. The van der Waals surface area contributed by atoms with Crippen molar-refractivity contribution in [1.82, 2.24) is 0 Å². The molecule has 0 radical (unpaired) electrons. The normalized spacial score (nSPS) is 13.5. The summed E-state index contributed by atoms with van der Waals surface area (Å²) in [5, 5.41) is 0. The van der Waals surface area contributed by atoms with E-state index in [-0.39, 0.29) is 6.92 Å². The zero-order valence-electron chi connectivity index (χ0n) is 14.5. The van der Waals surface area contributed by atoms with E-state index in [1.54, 1.807) is 0 Å². The number of carbonyl (C=O) groups is 2. The summed E-state index contributed by atoms with van der Waals surface area (Å²) in [5.74, 6) is -9.66. The molecule has 0 aliphatic carbocycles. The van der Waals surface area contributed by atoms with Gasteiger partial charge in [0.15, 0.2) is 0 Å². The fourth-order valence-electron chi connectivity index (χ4n) is 1.10. The molecule has 0 rings (SSSR count). The lowest BCUT2D eigenvalue weighted by atomic mass is 10.2. The molecule has 0 saturated heterocycles. The second-order valence-electron chi connectivity index (χ2n) is 7.01. The fourth-order valence-corrected chi connectivity index (χ4v) is 1.10. The van der Waals surface area contributed by atoms with Crippen LogP contribution >= 0.6 is 0 Å². The number of alkyl halides is 4. The van der Waals surface area contributed by atoms with Crippen LogP contribution in [0.1, 0.15) is 48.5 Å². The molecule has 0 fully saturated rings. The Balaban J connectivity index is 5.32. The number of halogens is 4. The monoisotopic (exact) mass is 362 g/mol. The average Bonchev–Trinajstić information content (AvgIpc) is 2.20. The summed E-state index contributed by atoms with van der Waals surface area (Å²) in [6.45, 7) is 8.25. The van der Waals surface area contributed by atoms with Crippen molar-refractivity contribution in [3.05, 3.63) is 0 Å². The highest BCUT2D eigenvalue weighted by atomic mass is 19.3. The molecule has 10 heteroatoms. The van der Waals surface area contributed by atoms with Crippen molar-refractivity contribution in [3.63, 3.8) is 0 Å². The van der Waals surface area contributed by atoms with Crippen molar-refractivity contribution in [2.75, 3.05) is 0 Å². The van der Waals surface area contributed by atoms with Crippen LogP contribution in [0, 0.1) is 0 Å². The van der Waals surface area contributed by atoms with Crippen LogP contribution in [0.3, 0.4) is 0 Å². The van der Waals surface area contributed by atoms with E-state index in [2.05, 4.69) is 18.9 Å². The molecular formula is C14H22F4O6. The van der Waals surface area contributed by atoms with E-state index < -0.39 is 41.6 Å². The van der Waals surface area contributed by atoms with Crippen LogP contribution in [0.2, 0.25) is 0 Å². The molecule has 0 aromatic rings. The van der Waals surface area contributed by atoms with Crippen molar-refractivity contribution in [2.24, 2.45) is 0 Å². The van der Waals surface area contributed by atoms with Gasteiger partial charge in [0.2, 0.25) is 0 Å². The maximum atomic E-state index is 13.8. The molecule has 0 atom stereocenters. The molecule has 24 heavy (non-hydrogen) atoms. The number of carbonyl (C=O) groups excluding carboxylic acids is 2. The fraction of sp³-hybridized carbons (Fsp3) is 0.857. The standard InChI is InChI=1S/C14H22F4O6/c1-11(2,3)23-9(19)21-8(14(17,18)13(7,15)16)22-10(20)24-12(4,5)6/h8H,1-7H3. The smallest absolute Gasteiger partial charge is 0.428 e. The van der Waals surface area contributed by atoms with Gasteiger partial charge in [-0.05, 0) is 41.5 Å². The molecule has 0 amide bonds. The van der Waals surface area contributed by atoms with Gasteiger partial charge in [-0.1, -0.05) is 0 Å². The lowest BCUT2D eigenvalue weighted by molar-refractivity contribution is -0.302. The molecule has 0 bridgehead atoms. The van der Waals surface area contributed by atoms with E-state index in [0.717, 1.165) is 0 Å². The third kappa shape index (κ3) is 7.69. The summed E-state index contributed by atoms with van der Waals surface area (Å²) in [6.07, 6.45) is -6.65. The molecule has 6 nitrogen and oxygen atoms in total.